The molecule has 0 fully saturated rings. The summed E-state index contributed by atoms with van der Waals surface area (Å²) in [4.78, 5) is 23.2. The summed E-state index contributed by atoms with van der Waals surface area (Å²) >= 11 is 0. The van der Waals surface area contributed by atoms with Crippen molar-refractivity contribution in [2.24, 2.45) is 0 Å². The van der Waals surface area contributed by atoms with Gasteiger partial charge in [0, 0.05) is 19.5 Å². The average Bonchev–Trinajstić information content (AvgIpc) is 2.25. The Bertz CT molecular complexity index is 469. The van der Waals surface area contributed by atoms with Gasteiger partial charge in [-0.05, 0) is 13.0 Å². The molecule has 0 aliphatic rings. The van der Waals surface area contributed by atoms with Crippen LogP contribution >= 0.6 is 0 Å². The first-order valence-corrected chi connectivity index (χ1v) is 5.09. The van der Waals surface area contributed by atoms with E-state index in [-0.39, 0.29) is 18.1 Å². The number of benzene rings is 1. The molecule has 0 spiro atoms. The number of nitrogens with zero attached hydrogens (tertiary/aromatic N) is 2. The van der Waals surface area contributed by atoms with Gasteiger partial charge in [0.2, 0.25) is 5.91 Å². The SMILES string of the molecule is C=C(C)CN(C(C)=O)c1ccccc1[N+](=O)[O-]. The molecule has 5 heteroatoms. The molecular formula is C12H14N2O3. The number of amides is 1. The smallest absolute Gasteiger partial charge is 0.292 e. The van der Waals surface area contributed by atoms with Crippen molar-refractivity contribution in [1.29, 1.82) is 0 Å². The summed E-state index contributed by atoms with van der Waals surface area (Å²) < 4.78 is 0. The zero-order valence-electron chi connectivity index (χ0n) is 9.84. The van der Waals surface area contributed by atoms with Crippen LogP contribution in [0.3, 0.4) is 0 Å². The van der Waals surface area contributed by atoms with Crippen LogP contribution in [0.25, 0.3) is 0 Å². The van der Waals surface area contributed by atoms with Crippen molar-refractivity contribution in [2.45, 2.75) is 13.8 Å². The highest BCUT2D eigenvalue weighted by Crippen LogP contribution is 2.28. The second kappa shape index (κ2) is 5.25. The summed E-state index contributed by atoms with van der Waals surface area (Å²) in [5.74, 6) is -0.248. The summed E-state index contributed by atoms with van der Waals surface area (Å²) in [6, 6.07) is 6.17. The standard InChI is InChI=1S/C12H14N2O3/c1-9(2)8-13(10(3)15)11-6-4-5-7-12(11)14(16)17/h4-7H,1,8H2,2-3H3. The zero-order chi connectivity index (χ0) is 13.0. The predicted octanol–water partition coefficient (Wildman–Crippen LogP) is 2.52. The summed E-state index contributed by atoms with van der Waals surface area (Å²) in [6.45, 7) is 7.13. The second-order valence-electron chi connectivity index (χ2n) is 3.81. The van der Waals surface area contributed by atoms with E-state index in [0.29, 0.717) is 5.69 Å². The molecule has 0 saturated carbocycles. The van der Waals surface area contributed by atoms with Gasteiger partial charge < -0.3 is 4.90 Å². The fraction of sp³-hybridized carbons (Fsp3) is 0.250. The molecule has 0 heterocycles. The van der Waals surface area contributed by atoms with Gasteiger partial charge in [-0.2, -0.15) is 0 Å². The first-order valence-electron chi connectivity index (χ1n) is 5.09. The van der Waals surface area contributed by atoms with E-state index >= 15 is 0 Å². The lowest BCUT2D eigenvalue weighted by molar-refractivity contribution is -0.384. The predicted molar refractivity (Wildman–Crippen MR) is 65.9 cm³/mol. The van der Waals surface area contributed by atoms with Crippen molar-refractivity contribution >= 4 is 17.3 Å². The highest BCUT2D eigenvalue weighted by molar-refractivity contribution is 5.94. The number of nitro groups is 1. The number of carbonyl (C=O) groups excluding carboxylic acids is 1. The minimum absolute atomic E-state index is 0.0797. The Kier molecular flexibility index (Phi) is 3.98. The van der Waals surface area contributed by atoms with Crippen LogP contribution in [0.2, 0.25) is 0 Å². The minimum Gasteiger partial charge on any atom is -0.303 e. The number of nitro benzene ring substituents is 1. The molecule has 0 aliphatic carbocycles. The molecule has 1 amide bonds. The lowest BCUT2D eigenvalue weighted by Gasteiger charge is -2.20. The number of hydrogen-bond acceptors (Lipinski definition) is 3. The van der Waals surface area contributed by atoms with E-state index in [2.05, 4.69) is 6.58 Å². The van der Waals surface area contributed by atoms with Crippen LogP contribution in [0.5, 0.6) is 0 Å². The highest BCUT2D eigenvalue weighted by Gasteiger charge is 2.21. The number of carbonyl (C=O) groups is 1. The number of para-hydroxylation sites is 2. The molecule has 0 bridgehead atoms. The van der Waals surface area contributed by atoms with Crippen LogP contribution in [0.15, 0.2) is 36.4 Å². The van der Waals surface area contributed by atoms with E-state index in [1.54, 1.807) is 25.1 Å². The quantitative estimate of drug-likeness (QED) is 0.457. The van der Waals surface area contributed by atoms with Crippen LogP contribution in [0.1, 0.15) is 13.8 Å². The van der Waals surface area contributed by atoms with Gasteiger partial charge in [-0.3, -0.25) is 14.9 Å². The van der Waals surface area contributed by atoms with Gasteiger partial charge in [0.05, 0.1) is 4.92 Å². The largest absolute Gasteiger partial charge is 0.303 e. The fourth-order valence-corrected chi connectivity index (χ4v) is 1.48. The summed E-state index contributed by atoms with van der Waals surface area (Å²) in [5, 5.41) is 10.9. The van der Waals surface area contributed by atoms with Gasteiger partial charge in [-0.25, -0.2) is 0 Å². The Morgan fingerprint density at radius 2 is 2.00 bits per heavy atom. The molecule has 1 aromatic rings. The van der Waals surface area contributed by atoms with E-state index in [4.69, 9.17) is 0 Å². The maximum Gasteiger partial charge on any atom is 0.292 e. The third-order valence-corrected chi connectivity index (χ3v) is 2.18. The van der Waals surface area contributed by atoms with Crippen LogP contribution < -0.4 is 4.90 Å². The van der Waals surface area contributed by atoms with Gasteiger partial charge in [-0.1, -0.05) is 24.3 Å². The minimum atomic E-state index is -0.496. The second-order valence-corrected chi connectivity index (χ2v) is 3.81. The van der Waals surface area contributed by atoms with E-state index in [0.717, 1.165) is 5.57 Å². The third-order valence-electron chi connectivity index (χ3n) is 2.18. The van der Waals surface area contributed by atoms with Crippen LogP contribution in [-0.2, 0) is 4.79 Å². The molecule has 17 heavy (non-hydrogen) atoms. The van der Waals surface area contributed by atoms with Crippen molar-refractivity contribution in [2.75, 3.05) is 11.4 Å². The molecule has 90 valence electrons. The first kappa shape index (κ1) is 12.9. The Morgan fingerprint density at radius 1 is 1.41 bits per heavy atom. The van der Waals surface area contributed by atoms with Crippen LogP contribution in [0.4, 0.5) is 11.4 Å². The topological polar surface area (TPSA) is 63.5 Å². The molecule has 0 aromatic heterocycles. The molecule has 0 N–H and O–H groups in total. The maximum absolute atomic E-state index is 11.5. The van der Waals surface area contributed by atoms with Crippen molar-refractivity contribution < 1.29 is 9.72 Å². The fourth-order valence-electron chi connectivity index (χ4n) is 1.48. The number of hydrogen-bond donors (Lipinski definition) is 0. The van der Waals surface area contributed by atoms with Crippen LogP contribution in [-0.4, -0.2) is 17.4 Å². The number of rotatable bonds is 4. The lowest BCUT2D eigenvalue weighted by Crippen LogP contribution is -2.30. The molecule has 0 atom stereocenters. The normalized spacial score (nSPS) is 9.76. The van der Waals surface area contributed by atoms with Crippen molar-refractivity contribution in [3.8, 4) is 0 Å². The lowest BCUT2D eigenvalue weighted by atomic mass is 10.2. The molecule has 0 saturated heterocycles. The maximum atomic E-state index is 11.5. The Hall–Kier alpha value is -2.17. The molecular weight excluding hydrogens is 220 g/mol. The zero-order valence-corrected chi connectivity index (χ0v) is 9.84. The number of anilines is 1. The van der Waals surface area contributed by atoms with E-state index in [1.165, 1.54) is 17.9 Å². The summed E-state index contributed by atoms with van der Waals surface area (Å²) in [7, 11) is 0. The molecule has 0 unspecified atom stereocenters. The Morgan fingerprint density at radius 3 is 2.47 bits per heavy atom. The van der Waals surface area contributed by atoms with Crippen molar-refractivity contribution in [3.63, 3.8) is 0 Å². The first-order chi connectivity index (χ1) is 7.93. The monoisotopic (exact) mass is 234 g/mol. The van der Waals surface area contributed by atoms with Gasteiger partial charge in [0.25, 0.3) is 5.69 Å². The van der Waals surface area contributed by atoms with Gasteiger partial charge in [0.15, 0.2) is 0 Å². The van der Waals surface area contributed by atoms with E-state index in [9.17, 15) is 14.9 Å². The molecule has 5 nitrogen and oxygen atoms in total. The van der Waals surface area contributed by atoms with Crippen LogP contribution in [0, 0.1) is 10.1 Å². The third kappa shape index (κ3) is 3.14. The van der Waals surface area contributed by atoms with Gasteiger partial charge >= 0.3 is 0 Å². The van der Waals surface area contributed by atoms with Gasteiger partial charge in [0.1, 0.15) is 5.69 Å². The average molecular weight is 234 g/mol. The van der Waals surface area contributed by atoms with Gasteiger partial charge in [-0.15, -0.1) is 0 Å². The van der Waals surface area contributed by atoms with E-state index in [1.807, 2.05) is 0 Å². The molecule has 0 radical (unpaired) electrons. The Balaban J connectivity index is 3.22. The molecule has 0 aliphatic heterocycles. The van der Waals surface area contributed by atoms with Crippen molar-refractivity contribution in [1.82, 2.24) is 0 Å². The van der Waals surface area contributed by atoms with Crippen molar-refractivity contribution in [3.05, 3.63) is 46.5 Å². The summed E-state index contributed by atoms with van der Waals surface area (Å²) in [5.41, 5.74) is 0.982. The van der Waals surface area contributed by atoms with E-state index < -0.39 is 4.92 Å². The highest BCUT2D eigenvalue weighted by atomic mass is 16.6. The molecule has 1 aromatic carbocycles. The summed E-state index contributed by atoms with van der Waals surface area (Å²) in [6.07, 6.45) is 0. The Labute approximate surface area is 99.5 Å². The molecule has 1 rings (SSSR count).